The van der Waals surface area contributed by atoms with Crippen molar-refractivity contribution >= 4 is 5.91 Å². The van der Waals surface area contributed by atoms with Crippen LogP contribution in [0, 0.1) is 16.7 Å². The maximum Gasteiger partial charge on any atom is 0.240 e. The van der Waals surface area contributed by atoms with Gasteiger partial charge in [-0.25, -0.2) is 0 Å². The Kier molecular flexibility index (Phi) is 4.75. The molecule has 0 heterocycles. The van der Waals surface area contributed by atoms with E-state index in [1.54, 1.807) is 0 Å². The van der Waals surface area contributed by atoms with Crippen LogP contribution in [-0.4, -0.2) is 37.0 Å². The minimum Gasteiger partial charge on any atom is -0.353 e. The molecule has 90 valence electrons. The second-order valence-electron chi connectivity index (χ2n) is 4.38. The number of rotatable bonds is 7. The number of nitrogens with zero attached hydrogens (tertiary/aromatic N) is 2. The first-order valence-corrected chi connectivity index (χ1v) is 6.10. The van der Waals surface area contributed by atoms with Gasteiger partial charge in [-0.05, 0) is 32.4 Å². The zero-order chi connectivity index (χ0) is 12.0. The molecule has 0 aliphatic heterocycles. The molecule has 0 atom stereocenters. The first-order valence-electron chi connectivity index (χ1n) is 6.10. The van der Waals surface area contributed by atoms with E-state index in [4.69, 9.17) is 5.26 Å². The molecule has 0 bridgehead atoms. The lowest BCUT2D eigenvalue weighted by atomic mass is 10.1. The van der Waals surface area contributed by atoms with E-state index in [9.17, 15) is 4.79 Å². The van der Waals surface area contributed by atoms with Crippen LogP contribution in [0.3, 0.4) is 0 Å². The number of nitriles is 1. The van der Waals surface area contributed by atoms with Gasteiger partial charge in [0, 0.05) is 13.1 Å². The van der Waals surface area contributed by atoms with Crippen LogP contribution < -0.4 is 5.32 Å². The van der Waals surface area contributed by atoms with Gasteiger partial charge in [0.05, 0.1) is 6.07 Å². The molecule has 0 unspecified atom stereocenters. The zero-order valence-corrected chi connectivity index (χ0v) is 10.3. The largest absolute Gasteiger partial charge is 0.353 e. The predicted octanol–water partition coefficient (Wildman–Crippen LogP) is 1.14. The Hall–Kier alpha value is -1.08. The molecule has 1 amide bonds. The summed E-state index contributed by atoms with van der Waals surface area (Å²) in [4.78, 5) is 13.9. The van der Waals surface area contributed by atoms with Crippen LogP contribution in [-0.2, 0) is 4.79 Å². The molecule has 4 nitrogen and oxygen atoms in total. The summed E-state index contributed by atoms with van der Waals surface area (Å²) < 4.78 is 0. The van der Waals surface area contributed by atoms with Gasteiger partial charge in [-0.2, -0.15) is 5.26 Å². The van der Waals surface area contributed by atoms with Gasteiger partial charge in [0.2, 0.25) is 5.91 Å². The van der Waals surface area contributed by atoms with Crippen LogP contribution in [0.1, 0.15) is 33.1 Å². The van der Waals surface area contributed by atoms with Gasteiger partial charge < -0.3 is 10.2 Å². The first-order chi connectivity index (χ1) is 7.68. The van der Waals surface area contributed by atoms with E-state index >= 15 is 0 Å². The Balaban J connectivity index is 2.20. The van der Waals surface area contributed by atoms with Crippen LogP contribution in [0.5, 0.6) is 0 Å². The van der Waals surface area contributed by atoms with Gasteiger partial charge in [-0.1, -0.05) is 13.8 Å². The van der Waals surface area contributed by atoms with E-state index in [0.29, 0.717) is 6.54 Å². The average molecular weight is 223 g/mol. The Labute approximate surface area is 97.6 Å². The van der Waals surface area contributed by atoms with Crippen molar-refractivity contribution < 1.29 is 4.79 Å². The Morgan fingerprint density at radius 3 is 2.56 bits per heavy atom. The van der Waals surface area contributed by atoms with Crippen LogP contribution in [0.2, 0.25) is 0 Å². The van der Waals surface area contributed by atoms with Gasteiger partial charge in [-0.15, -0.1) is 0 Å². The Morgan fingerprint density at radius 1 is 1.44 bits per heavy atom. The van der Waals surface area contributed by atoms with Crippen LogP contribution >= 0.6 is 0 Å². The summed E-state index contributed by atoms with van der Waals surface area (Å²) in [5, 5.41) is 11.7. The predicted molar refractivity (Wildman–Crippen MR) is 62.7 cm³/mol. The molecule has 0 spiro atoms. The van der Waals surface area contributed by atoms with Crippen molar-refractivity contribution in [2.24, 2.45) is 5.41 Å². The van der Waals surface area contributed by atoms with E-state index < -0.39 is 5.41 Å². The molecular weight excluding hydrogens is 202 g/mol. The molecule has 1 aliphatic rings. The highest BCUT2D eigenvalue weighted by Crippen LogP contribution is 2.44. The molecule has 0 radical (unpaired) electrons. The fourth-order valence-corrected chi connectivity index (χ4v) is 1.76. The van der Waals surface area contributed by atoms with E-state index in [2.05, 4.69) is 30.1 Å². The molecule has 0 saturated heterocycles. The minimum absolute atomic E-state index is 0.0810. The molecule has 1 N–H and O–H groups in total. The topological polar surface area (TPSA) is 56.1 Å². The molecule has 1 fully saturated rings. The Bertz CT molecular complexity index is 278. The van der Waals surface area contributed by atoms with Crippen molar-refractivity contribution in [2.75, 3.05) is 26.2 Å². The summed E-state index contributed by atoms with van der Waals surface area (Å²) in [7, 11) is 0. The highest BCUT2D eigenvalue weighted by Gasteiger charge is 2.50. The van der Waals surface area contributed by atoms with Crippen molar-refractivity contribution in [1.29, 1.82) is 5.26 Å². The number of carbonyl (C=O) groups is 1. The quantitative estimate of drug-likeness (QED) is 0.704. The van der Waals surface area contributed by atoms with E-state index in [0.717, 1.165) is 38.9 Å². The van der Waals surface area contributed by atoms with Crippen LogP contribution in [0.4, 0.5) is 0 Å². The lowest BCUT2D eigenvalue weighted by Gasteiger charge is -2.19. The van der Waals surface area contributed by atoms with Crippen molar-refractivity contribution in [3.63, 3.8) is 0 Å². The monoisotopic (exact) mass is 223 g/mol. The summed E-state index contributed by atoms with van der Waals surface area (Å²) >= 11 is 0. The van der Waals surface area contributed by atoms with E-state index in [-0.39, 0.29) is 5.91 Å². The van der Waals surface area contributed by atoms with Crippen molar-refractivity contribution in [1.82, 2.24) is 10.2 Å². The van der Waals surface area contributed by atoms with Gasteiger partial charge in [0.1, 0.15) is 5.41 Å². The SMILES string of the molecule is CCCN(CC)CCNC(=O)C1(C#N)CC1. The standard InChI is InChI=1S/C12H21N3O/c1-3-8-15(4-2)9-7-14-11(16)12(10-13)5-6-12/h3-9H2,1-2H3,(H,14,16). The van der Waals surface area contributed by atoms with Gasteiger partial charge in [0.15, 0.2) is 0 Å². The number of nitrogens with one attached hydrogen (secondary N) is 1. The molecule has 1 aliphatic carbocycles. The van der Waals surface area contributed by atoms with Crippen LogP contribution in [0.25, 0.3) is 0 Å². The van der Waals surface area contributed by atoms with Crippen LogP contribution in [0.15, 0.2) is 0 Å². The number of hydrogen-bond donors (Lipinski definition) is 1. The number of carbonyl (C=O) groups excluding carboxylic acids is 1. The molecular formula is C12H21N3O. The normalized spacial score (nSPS) is 16.9. The summed E-state index contributed by atoms with van der Waals surface area (Å²) in [5.41, 5.74) is -0.679. The molecule has 4 heteroatoms. The van der Waals surface area contributed by atoms with E-state index in [1.165, 1.54) is 0 Å². The number of amides is 1. The third kappa shape index (κ3) is 3.21. The van der Waals surface area contributed by atoms with Crippen molar-refractivity contribution in [3.8, 4) is 6.07 Å². The highest BCUT2D eigenvalue weighted by atomic mass is 16.2. The third-order valence-corrected chi connectivity index (χ3v) is 3.10. The highest BCUT2D eigenvalue weighted by molar-refractivity contribution is 5.88. The summed E-state index contributed by atoms with van der Waals surface area (Å²) in [6.45, 7) is 7.86. The number of hydrogen-bond acceptors (Lipinski definition) is 3. The maximum atomic E-state index is 11.6. The minimum atomic E-state index is -0.679. The zero-order valence-electron chi connectivity index (χ0n) is 10.3. The lowest BCUT2D eigenvalue weighted by Crippen LogP contribution is -2.38. The van der Waals surface area contributed by atoms with E-state index in [1.807, 2.05) is 0 Å². The molecule has 1 rings (SSSR count). The molecule has 16 heavy (non-hydrogen) atoms. The number of likely N-dealkylation sites (N-methyl/N-ethyl adjacent to an activating group) is 1. The second-order valence-corrected chi connectivity index (χ2v) is 4.38. The average Bonchev–Trinajstić information content (AvgIpc) is 3.08. The first kappa shape index (κ1) is 13.0. The van der Waals surface area contributed by atoms with Gasteiger partial charge in [0.25, 0.3) is 0 Å². The summed E-state index contributed by atoms with van der Waals surface area (Å²) in [5.74, 6) is -0.0810. The molecule has 0 aromatic carbocycles. The van der Waals surface area contributed by atoms with Gasteiger partial charge in [-0.3, -0.25) is 4.79 Å². The fraction of sp³-hybridized carbons (Fsp3) is 0.833. The lowest BCUT2D eigenvalue weighted by molar-refractivity contribution is -0.124. The van der Waals surface area contributed by atoms with Crippen molar-refractivity contribution in [3.05, 3.63) is 0 Å². The smallest absolute Gasteiger partial charge is 0.240 e. The second kappa shape index (κ2) is 5.86. The molecule has 1 saturated carbocycles. The molecule has 0 aromatic rings. The Morgan fingerprint density at radius 2 is 2.12 bits per heavy atom. The molecule has 0 aromatic heterocycles. The third-order valence-electron chi connectivity index (χ3n) is 3.10. The summed E-state index contributed by atoms with van der Waals surface area (Å²) in [6.07, 6.45) is 2.58. The summed E-state index contributed by atoms with van der Waals surface area (Å²) in [6, 6.07) is 2.10. The fourth-order valence-electron chi connectivity index (χ4n) is 1.76. The van der Waals surface area contributed by atoms with Gasteiger partial charge >= 0.3 is 0 Å². The van der Waals surface area contributed by atoms with Crippen molar-refractivity contribution in [2.45, 2.75) is 33.1 Å². The maximum absolute atomic E-state index is 11.6.